The van der Waals surface area contributed by atoms with Crippen LogP contribution in [-0.4, -0.2) is 18.2 Å². The molecule has 0 bridgehead atoms. The molecule has 0 aliphatic rings. The first-order chi connectivity index (χ1) is 8.24. The van der Waals surface area contributed by atoms with Gasteiger partial charge in [-0.1, -0.05) is 31.0 Å². The molecule has 0 radical (unpaired) electrons. The van der Waals surface area contributed by atoms with Crippen molar-refractivity contribution in [2.75, 3.05) is 7.11 Å². The van der Waals surface area contributed by atoms with Crippen LogP contribution in [-0.2, 0) is 11.2 Å². The summed E-state index contributed by atoms with van der Waals surface area (Å²) in [7, 11) is 1.69. The highest BCUT2D eigenvalue weighted by Crippen LogP contribution is 2.19. The van der Waals surface area contributed by atoms with E-state index in [1.54, 1.807) is 7.11 Å². The van der Waals surface area contributed by atoms with Crippen molar-refractivity contribution in [1.29, 1.82) is 0 Å². The van der Waals surface area contributed by atoms with Crippen LogP contribution in [0.5, 0.6) is 5.75 Å². The third-order valence-electron chi connectivity index (χ3n) is 2.78. The van der Waals surface area contributed by atoms with Gasteiger partial charge in [-0.05, 0) is 30.9 Å². The van der Waals surface area contributed by atoms with Gasteiger partial charge in [-0.2, -0.15) is 0 Å². The molecule has 1 aromatic rings. The molecule has 1 N–H and O–H groups in total. The van der Waals surface area contributed by atoms with Crippen molar-refractivity contribution in [3.05, 3.63) is 29.8 Å². The van der Waals surface area contributed by atoms with E-state index in [9.17, 15) is 4.79 Å². The number of unbranched alkanes of at least 4 members (excludes halogenated alkanes) is 3. The number of methoxy groups -OCH3 is 1. The molecule has 94 valence electrons. The Labute approximate surface area is 102 Å². The fraction of sp³-hybridized carbons (Fsp3) is 0.500. The molecule has 0 amide bonds. The molecule has 1 aromatic carbocycles. The molecule has 0 unspecified atom stereocenters. The second kappa shape index (κ2) is 7.71. The molecular formula is C14H20O3. The van der Waals surface area contributed by atoms with Gasteiger partial charge in [-0.25, -0.2) is 0 Å². The van der Waals surface area contributed by atoms with Gasteiger partial charge in [0.2, 0.25) is 0 Å². The molecule has 0 saturated heterocycles. The van der Waals surface area contributed by atoms with E-state index in [1.807, 2.05) is 18.2 Å². The molecular weight excluding hydrogens is 216 g/mol. The van der Waals surface area contributed by atoms with E-state index in [2.05, 4.69) is 6.07 Å². The lowest BCUT2D eigenvalue weighted by molar-refractivity contribution is -0.137. The number of benzene rings is 1. The first-order valence-electron chi connectivity index (χ1n) is 6.07. The Morgan fingerprint density at radius 3 is 2.59 bits per heavy atom. The average molecular weight is 236 g/mol. The number of rotatable bonds is 8. The molecule has 0 aliphatic carbocycles. The zero-order valence-corrected chi connectivity index (χ0v) is 10.3. The Morgan fingerprint density at radius 1 is 1.18 bits per heavy atom. The van der Waals surface area contributed by atoms with Crippen molar-refractivity contribution in [2.45, 2.75) is 38.5 Å². The largest absolute Gasteiger partial charge is 0.496 e. The van der Waals surface area contributed by atoms with Crippen molar-refractivity contribution < 1.29 is 14.6 Å². The number of carboxylic acids is 1. The minimum Gasteiger partial charge on any atom is -0.496 e. The SMILES string of the molecule is COc1ccccc1CCCCCCC(=O)O. The molecule has 0 fully saturated rings. The van der Waals surface area contributed by atoms with Gasteiger partial charge in [-0.3, -0.25) is 4.79 Å². The molecule has 1 rings (SSSR count). The Kier molecular flexibility index (Phi) is 6.15. The summed E-state index contributed by atoms with van der Waals surface area (Å²) in [5.41, 5.74) is 1.23. The Morgan fingerprint density at radius 2 is 1.88 bits per heavy atom. The quantitative estimate of drug-likeness (QED) is 0.705. The molecule has 0 aromatic heterocycles. The van der Waals surface area contributed by atoms with Crippen molar-refractivity contribution in [3.63, 3.8) is 0 Å². The summed E-state index contributed by atoms with van der Waals surface area (Å²) in [4.78, 5) is 10.3. The van der Waals surface area contributed by atoms with Crippen LogP contribution in [0.2, 0.25) is 0 Å². The third kappa shape index (κ3) is 5.38. The number of carboxylic acid groups (broad SMARTS) is 1. The first-order valence-corrected chi connectivity index (χ1v) is 6.07. The summed E-state index contributed by atoms with van der Waals surface area (Å²) in [5, 5.41) is 8.50. The van der Waals surface area contributed by atoms with Gasteiger partial charge in [0.05, 0.1) is 7.11 Å². The van der Waals surface area contributed by atoms with Crippen molar-refractivity contribution in [1.82, 2.24) is 0 Å². The minimum atomic E-state index is -0.699. The zero-order chi connectivity index (χ0) is 12.5. The van der Waals surface area contributed by atoms with E-state index >= 15 is 0 Å². The van der Waals surface area contributed by atoms with Gasteiger partial charge in [0.15, 0.2) is 0 Å². The summed E-state index contributed by atoms with van der Waals surface area (Å²) in [6.45, 7) is 0. The summed E-state index contributed by atoms with van der Waals surface area (Å²) in [6, 6.07) is 8.04. The number of hydrogen-bond donors (Lipinski definition) is 1. The van der Waals surface area contributed by atoms with Crippen LogP contribution in [0.3, 0.4) is 0 Å². The molecule has 17 heavy (non-hydrogen) atoms. The lowest BCUT2D eigenvalue weighted by atomic mass is 10.0. The van der Waals surface area contributed by atoms with Crippen LogP contribution in [0.4, 0.5) is 0 Å². The van der Waals surface area contributed by atoms with Gasteiger partial charge in [-0.15, -0.1) is 0 Å². The van der Waals surface area contributed by atoms with Gasteiger partial charge in [0.1, 0.15) is 5.75 Å². The maximum absolute atomic E-state index is 10.3. The number of carbonyl (C=O) groups is 1. The summed E-state index contributed by atoms with van der Waals surface area (Å²) >= 11 is 0. The first kappa shape index (κ1) is 13.6. The summed E-state index contributed by atoms with van der Waals surface area (Å²) in [6.07, 6.45) is 5.21. The van der Waals surface area contributed by atoms with Crippen molar-refractivity contribution in [2.24, 2.45) is 0 Å². The summed E-state index contributed by atoms with van der Waals surface area (Å²) in [5.74, 6) is 0.243. The molecule has 3 nitrogen and oxygen atoms in total. The number of para-hydroxylation sites is 1. The Hall–Kier alpha value is -1.51. The fourth-order valence-electron chi connectivity index (χ4n) is 1.85. The smallest absolute Gasteiger partial charge is 0.303 e. The van der Waals surface area contributed by atoms with E-state index in [-0.39, 0.29) is 6.42 Å². The van der Waals surface area contributed by atoms with E-state index in [0.717, 1.165) is 37.9 Å². The Balaban J connectivity index is 2.19. The van der Waals surface area contributed by atoms with Crippen LogP contribution in [0.15, 0.2) is 24.3 Å². The third-order valence-corrected chi connectivity index (χ3v) is 2.78. The Bertz CT molecular complexity index is 347. The number of hydrogen-bond acceptors (Lipinski definition) is 2. The maximum atomic E-state index is 10.3. The lowest BCUT2D eigenvalue weighted by Gasteiger charge is -2.07. The van der Waals surface area contributed by atoms with E-state index < -0.39 is 5.97 Å². The van der Waals surface area contributed by atoms with Gasteiger partial charge < -0.3 is 9.84 Å². The topological polar surface area (TPSA) is 46.5 Å². The number of aliphatic carboxylic acids is 1. The number of ether oxygens (including phenoxy) is 1. The van der Waals surface area contributed by atoms with Gasteiger partial charge >= 0.3 is 5.97 Å². The van der Waals surface area contributed by atoms with Crippen LogP contribution >= 0.6 is 0 Å². The van der Waals surface area contributed by atoms with Crippen LogP contribution in [0.25, 0.3) is 0 Å². The van der Waals surface area contributed by atoms with Gasteiger partial charge in [0, 0.05) is 6.42 Å². The van der Waals surface area contributed by atoms with E-state index in [4.69, 9.17) is 9.84 Å². The van der Waals surface area contributed by atoms with Gasteiger partial charge in [0.25, 0.3) is 0 Å². The van der Waals surface area contributed by atoms with E-state index in [0.29, 0.717) is 0 Å². The highest BCUT2D eigenvalue weighted by Gasteiger charge is 2.01. The van der Waals surface area contributed by atoms with Crippen LogP contribution in [0.1, 0.15) is 37.7 Å². The summed E-state index contributed by atoms with van der Waals surface area (Å²) < 4.78 is 5.28. The van der Waals surface area contributed by atoms with Crippen LogP contribution in [0, 0.1) is 0 Å². The van der Waals surface area contributed by atoms with E-state index in [1.165, 1.54) is 5.56 Å². The second-order valence-corrected chi connectivity index (χ2v) is 4.12. The average Bonchev–Trinajstić information content (AvgIpc) is 2.33. The lowest BCUT2D eigenvalue weighted by Crippen LogP contribution is -1.94. The molecule has 0 saturated carbocycles. The van der Waals surface area contributed by atoms with Crippen LogP contribution < -0.4 is 4.74 Å². The predicted octanol–water partition coefficient (Wildman–Crippen LogP) is 3.27. The van der Waals surface area contributed by atoms with Crippen molar-refractivity contribution >= 4 is 5.97 Å². The molecule has 0 heterocycles. The molecule has 0 aliphatic heterocycles. The highest BCUT2D eigenvalue weighted by molar-refractivity contribution is 5.66. The second-order valence-electron chi connectivity index (χ2n) is 4.12. The molecule has 0 spiro atoms. The monoisotopic (exact) mass is 236 g/mol. The highest BCUT2D eigenvalue weighted by atomic mass is 16.5. The minimum absolute atomic E-state index is 0.286. The molecule has 3 heteroatoms. The fourth-order valence-corrected chi connectivity index (χ4v) is 1.85. The number of aryl methyl sites for hydroxylation is 1. The standard InChI is InChI=1S/C14H20O3/c1-17-13-10-7-6-9-12(13)8-4-2-3-5-11-14(15)16/h6-7,9-10H,2-5,8,11H2,1H3,(H,15,16). The normalized spacial score (nSPS) is 10.2. The maximum Gasteiger partial charge on any atom is 0.303 e. The zero-order valence-electron chi connectivity index (χ0n) is 10.3. The molecule has 0 atom stereocenters. The van der Waals surface area contributed by atoms with Crippen molar-refractivity contribution in [3.8, 4) is 5.75 Å². The predicted molar refractivity (Wildman–Crippen MR) is 67.4 cm³/mol.